The molecule has 0 fully saturated rings. The molecule has 0 rings (SSSR count). The maximum Gasteiger partial charge on any atom is 0.331 e. The molecule has 5 heteroatoms. The Kier molecular flexibility index (Phi) is 6.41. The molecule has 16 heavy (non-hydrogen) atoms. The molecule has 1 atom stereocenters. The molecule has 5 nitrogen and oxygen atoms in total. The molecule has 0 bridgehead atoms. The maximum absolute atomic E-state index is 11.0. The van der Waals surface area contributed by atoms with Crippen molar-refractivity contribution in [3.05, 3.63) is 11.6 Å². The molecule has 1 amide bonds. The number of carboxylic acid groups (broad SMARTS) is 1. The van der Waals surface area contributed by atoms with Gasteiger partial charge >= 0.3 is 5.97 Å². The highest BCUT2D eigenvalue weighted by Gasteiger charge is 2.17. The van der Waals surface area contributed by atoms with Crippen LogP contribution in [0.3, 0.4) is 0 Å². The topological polar surface area (TPSA) is 92.4 Å². The number of carboxylic acids is 1. The van der Waals surface area contributed by atoms with Gasteiger partial charge in [0, 0.05) is 12.1 Å². The highest BCUT2D eigenvalue weighted by molar-refractivity contribution is 5.86. The summed E-state index contributed by atoms with van der Waals surface area (Å²) in [6.07, 6.45) is 2.03. The zero-order chi connectivity index (χ0) is 12.7. The average molecular weight is 228 g/mol. The van der Waals surface area contributed by atoms with Crippen molar-refractivity contribution < 1.29 is 14.7 Å². The predicted molar refractivity (Wildman–Crippen MR) is 61.8 cm³/mol. The maximum atomic E-state index is 11.0. The Balaban J connectivity index is 4.32. The number of carbonyl (C=O) groups excluding carboxylic acids is 1. The van der Waals surface area contributed by atoms with E-state index in [9.17, 15) is 9.59 Å². The Morgan fingerprint density at radius 3 is 2.31 bits per heavy atom. The van der Waals surface area contributed by atoms with Crippen LogP contribution >= 0.6 is 0 Å². The quantitative estimate of drug-likeness (QED) is 0.553. The van der Waals surface area contributed by atoms with E-state index in [4.69, 9.17) is 10.8 Å². The molecule has 0 aliphatic carbocycles. The summed E-state index contributed by atoms with van der Waals surface area (Å²) in [7, 11) is 0. The van der Waals surface area contributed by atoms with E-state index in [2.05, 4.69) is 5.32 Å². The number of hydrogen-bond donors (Lipinski definition) is 3. The van der Waals surface area contributed by atoms with Crippen molar-refractivity contribution in [2.45, 2.75) is 33.2 Å². The van der Waals surface area contributed by atoms with Crippen LogP contribution in [0.2, 0.25) is 0 Å². The largest absolute Gasteiger partial charge is 0.478 e. The molecule has 4 N–H and O–H groups in total. The summed E-state index contributed by atoms with van der Waals surface area (Å²) >= 11 is 0. The Bertz CT molecular complexity index is 285. The minimum absolute atomic E-state index is 0.0841. The van der Waals surface area contributed by atoms with Crippen molar-refractivity contribution in [3.8, 4) is 0 Å². The summed E-state index contributed by atoms with van der Waals surface area (Å²) in [4.78, 5) is 21.7. The fraction of sp³-hybridized carbons (Fsp3) is 0.636. The van der Waals surface area contributed by atoms with Gasteiger partial charge in [-0.3, -0.25) is 4.79 Å². The highest BCUT2D eigenvalue weighted by atomic mass is 16.4. The van der Waals surface area contributed by atoms with E-state index < -0.39 is 17.9 Å². The van der Waals surface area contributed by atoms with Crippen molar-refractivity contribution in [3.63, 3.8) is 0 Å². The van der Waals surface area contributed by atoms with E-state index in [1.807, 2.05) is 13.8 Å². The van der Waals surface area contributed by atoms with Crippen LogP contribution in [0.1, 0.15) is 27.2 Å². The van der Waals surface area contributed by atoms with Gasteiger partial charge in [-0.15, -0.1) is 0 Å². The third-order valence-corrected chi connectivity index (χ3v) is 2.32. The van der Waals surface area contributed by atoms with Gasteiger partial charge in [0.15, 0.2) is 0 Å². The van der Waals surface area contributed by atoms with E-state index >= 15 is 0 Å². The van der Waals surface area contributed by atoms with Crippen LogP contribution in [0.25, 0.3) is 0 Å². The van der Waals surface area contributed by atoms with E-state index in [1.54, 1.807) is 13.0 Å². The SMILES string of the molecule is CCC(=CCNC(C(N)=O)C(C)C)C(=O)O. The van der Waals surface area contributed by atoms with E-state index in [1.165, 1.54) is 0 Å². The fourth-order valence-electron chi connectivity index (χ4n) is 1.36. The summed E-state index contributed by atoms with van der Waals surface area (Å²) in [5.74, 6) is -1.26. The predicted octanol–water partition coefficient (Wildman–Crippen LogP) is 0.507. The molecule has 0 heterocycles. The number of primary amides is 1. The Labute approximate surface area is 95.7 Å². The van der Waals surface area contributed by atoms with Crippen LogP contribution < -0.4 is 11.1 Å². The van der Waals surface area contributed by atoms with Crippen molar-refractivity contribution in [1.29, 1.82) is 0 Å². The number of hydrogen-bond acceptors (Lipinski definition) is 3. The molecule has 0 saturated carbocycles. The molecule has 0 saturated heterocycles. The molecule has 1 unspecified atom stereocenters. The summed E-state index contributed by atoms with van der Waals surface area (Å²) in [5.41, 5.74) is 5.54. The molecule has 0 radical (unpaired) electrons. The van der Waals surface area contributed by atoms with Gasteiger partial charge in [-0.2, -0.15) is 0 Å². The molecular weight excluding hydrogens is 208 g/mol. The zero-order valence-electron chi connectivity index (χ0n) is 9.99. The lowest BCUT2D eigenvalue weighted by atomic mass is 10.0. The van der Waals surface area contributed by atoms with Gasteiger partial charge in [-0.1, -0.05) is 26.8 Å². The fourth-order valence-corrected chi connectivity index (χ4v) is 1.36. The molecule has 0 aromatic rings. The van der Waals surface area contributed by atoms with Gasteiger partial charge < -0.3 is 16.2 Å². The molecule has 92 valence electrons. The van der Waals surface area contributed by atoms with Gasteiger partial charge in [-0.05, 0) is 12.3 Å². The van der Waals surface area contributed by atoms with Gasteiger partial charge in [0.25, 0.3) is 0 Å². The minimum atomic E-state index is -0.926. The number of nitrogens with two attached hydrogens (primary N) is 1. The molecule has 0 aliphatic heterocycles. The average Bonchev–Trinajstić information content (AvgIpc) is 2.15. The van der Waals surface area contributed by atoms with Crippen LogP contribution in [0.5, 0.6) is 0 Å². The number of rotatable bonds is 7. The van der Waals surface area contributed by atoms with E-state index in [0.29, 0.717) is 18.5 Å². The molecular formula is C11H20N2O3. The minimum Gasteiger partial charge on any atom is -0.478 e. The summed E-state index contributed by atoms with van der Waals surface area (Å²) in [6.45, 7) is 5.86. The van der Waals surface area contributed by atoms with Crippen LogP contribution in [0, 0.1) is 5.92 Å². The number of carbonyl (C=O) groups is 2. The summed E-state index contributed by atoms with van der Waals surface area (Å²) in [5, 5.41) is 11.7. The van der Waals surface area contributed by atoms with Gasteiger partial charge in [-0.25, -0.2) is 4.79 Å². The molecule has 0 aromatic heterocycles. The first kappa shape index (κ1) is 14.6. The summed E-state index contributed by atoms with van der Waals surface area (Å²) in [6, 6.07) is -0.428. The molecule has 0 spiro atoms. The standard InChI is InChI=1S/C11H20N2O3/c1-4-8(11(15)16)5-6-13-9(7(2)3)10(12)14/h5,7,9,13H,4,6H2,1-3H3,(H2,12,14)(H,15,16). The second-order valence-corrected chi connectivity index (χ2v) is 3.92. The van der Waals surface area contributed by atoms with Gasteiger partial charge in [0.2, 0.25) is 5.91 Å². The Hall–Kier alpha value is -1.36. The lowest BCUT2D eigenvalue weighted by Crippen LogP contribution is -2.45. The van der Waals surface area contributed by atoms with E-state index in [-0.39, 0.29) is 5.92 Å². The van der Waals surface area contributed by atoms with Crippen molar-refractivity contribution in [1.82, 2.24) is 5.32 Å². The first-order valence-electron chi connectivity index (χ1n) is 5.35. The van der Waals surface area contributed by atoms with E-state index in [0.717, 1.165) is 0 Å². The molecule has 0 aromatic carbocycles. The second kappa shape index (κ2) is 7.00. The van der Waals surface area contributed by atoms with Crippen LogP contribution in [-0.4, -0.2) is 29.6 Å². The van der Waals surface area contributed by atoms with Gasteiger partial charge in [0.05, 0.1) is 6.04 Å². The number of nitrogens with one attached hydrogen (secondary N) is 1. The Morgan fingerprint density at radius 2 is 2.00 bits per heavy atom. The third kappa shape index (κ3) is 4.93. The first-order valence-corrected chi connectivity index (χ1v) is 5.35. The second-order valence-electron chi connectivity index (χ2n) is 3.92. The lowest BCUT2D eigenvalue weighted by molar-refractivity contribution is -0.132. The highest BCUT2D eigenvalue weighted by Crippen LogP contribution is 2.02. The van der Waals surface area contributed by atoms with Crippen molar-refractivity contribution in [2.75, 3.05) is 6.54 Å². The zero-order valence-corrected chi connectivity index (χ0v) is 9.99. The smallest absolute Gasteiger partial charge is 0.331 e. The first-order chi connectivity index (χ1) is 7.40. The summed E-state index contributed by atoms with van der Waals surface area (Å²) < 4.78 is 0. The normalized spacial score (nSPS) is 13.9. The lowest BCUT2D eigenvalue weighted by Gasteiger charge is -2.17. The number of amides is 1. The molecule has 0 aliphatic rings. The third-order valence-electron chi connectivity index (χ3n) is 2.32. The van der Waals surface area contributed by atoms with Crippen molar-refractivity contribution >= 4 is 11.9 Å². The number of aliphatic carboxylic acids is 1. The Morgan fingerprint density at radius 1 is 1.44 bits per heavy atom. The van der Waals surface area contributed by atoms with Crippen LogP contribution in [0.4, 0.5) is 0 Å². The van der Waals surface area contributed by atoms with Crippen LogP contribution in [-0.2, 0) is 9.59 Å². The monoisotopic (exact) mass is 228 g/mol. The van der Waals surface area contributed by atoms with Gasteiger partial charge in [0.1, 0.15) is 0 Å². The van der Waals surface area contributed by atoms with Crippen LogP contribution in [0.15, 0.2) is 11.6 Å². The van der Waals surface area contributed by atoms with Crippen molar-refractivity contribution in [2.24, 2.45) is 11.7 Å².